The van der Waals surface area contributed by atoms with Gasteiger partial charge in [0.2, 0.25) is 5.91 Å². The summed E-state index contributed by atoms with van der Waals surface area (Å²) in [5.41, 5.74) is 3.75. The summed E-state index contributed by atoms with van der Waals surface area (Å²) >= 11 is 0. The molecule has 5 nitrogen and oxygen atoms in total. The van der Waals surface area contributed by atoms with Gasteiger partial charge in [0, 0.05) is 26.6 Å². The quantitative estimate of drug-likeness (QED) is 0.477. The first-order chi connectivity index (χ1) is 16.9. The molecule has 182 valence electrons. The molecule has 0 saturated carbocycles. The van der Waals surface area contributed by atoms with Crippen LogP contribution in [0.2, 0.25) is 0 Å². The van der Waals surface area contributed by atoms with Gasteiger partial charge >= 0.3 is 0 Å². The summed E-state index contributed by atoms with van der Waals surface area (Å²) in [7, 11) is 1.76. The van der Waals surface area contributed by atoms with Crippen molar-refractivity contribution >= 4 is 11.8 Å². The minimum absolute atomic E-state index is 0.0160. The van der Waals surface area contributed by atoms with Gasteiger partial charge in [-0.15, -0.1) is 0 Å². The maximum atomic E-state index is 14.1. The van der Waals surface area contributed by atoms with Gasteiger partial charge in [-0.25, -0.2) is 4.39 Å². The number of hydrogen-bond donors (Lipinski definition) is 0. The summed E-state index contributed by atoms with van der Waals surface area (Å²) in [4.78, 5) is 29.2. The van der Waals surface area contributed by atoms with Crippen LogP contribution in [0.15, 0.2) is 72.8 Å². The average molecular weight is 475 g/mol. The van der Waals surface area contributed by atoms with E-state index in [4.69, 9.17) is 4.74 Å². The SMILES string of the molecule is CCC(=O)N1CCc2ccc(O[C@H](C)C(=O)N(C)Cc3ccccc3)cc2[C@H]1c1cccc(F)c1. The topological polar surface area (TPSA) is 49.9 Å². The third kappa shape index (κ3) is 5.53. The first kappa shape index (κ1) is 24.5. The fraction of sp³-hybridized carbons (Fsp3) is 0.310. The number of carbonyl (C=O) groups excluding carboxylic acids is 2. The zero-order valence-corrected chi connectivity index (χ0v) is 20.4. The molecule has 0 spiro atoms. The molecule has 0 aliphatic carbocycles. The fourth-order valence-electron chi connectivity index (χ4n) is 4.67. The lowest BCUT2D eigenvalue weighted by atomic mass is 9.87. The Morgan fingerprint density at radius 3 is 2.57 bits per heavy atom. The predicted molar refractivity (Wildman–Crippen MR) is 133 cm³/mol. The number of ether oxygens (including phenoxy) is 1. The van der Waals surface area contributed by atoms with Crippen LogP contribution in [0.4, 0.5) is 4.39 Å². The molecule has 1 aliphatic heterocycles. The molecule has 0 unspecified atom stereocenters. The lowest BCUT2D eigenvalue weighted by molar-refractivity contribution is -0.137. The molecule has 0 N–H and O–H groups in total. The third-order valence-corrected chi connectivity index (χ3v) is 6.43. The van der Waals surface area contributed by atoms with Crippen molar-refractivity contribution < 1.29 is 18.7 Å². The van der Waals surface area contributed by atoms with Gasteiger partial charge in [-0.2, -0.15) is 0 Å². The maximum Gasteiger partial charge on any atom is 0.263 e. The Balaban J connectivity index is 1.58. The molecule has 0 saturated heterocycles. The number of carbonyl (C=O) groups is 2. The number of likely N-dealkylation sites (N-methyl/N-ethyl adjacent to an activating group) is 1. The molecule has 3 aromatic rings. The molecular weight excluding hydrogens is 443 g/mol. The first-order valence-corrected chi connectivity index (χ1v) is 12.0. The molecule has 0 radical (unpaired) electrons. The second-order valence-corrected chi connectivity index (χ2v) is 8.95. The van der Waals surface area contributed by atoms with E-state index >= 15 is 0 Å². The second-order valence-electron chi connectivity index (χ2n) is 8.95. The van der Waals surface area contributed by atoms with E-state index < -0.39 is 12.1 Å². The second kappa shape index (κ2) is 10.7. The Labute approximate surface area is 206 Å². The highest BCUT2D eigenvalue weighted by atomic mass is 19.1. The van der Waals surface area contributed by atoms with Gasteiger partial charge in [-0.1, -0.05) is 55.5 Å². The molecule has 0 bridgehead atoms. The van der Waals surface area contributed by atoms with E-state index in [0.717, 1.165) is 22.3 Å². The summed E-state index contributed by atoms with van der Waals surface area (Å²) in [5.74, 6) is 0.0925. The summed E-state index contributed by atoms with van der Waals surface area (Å²) in [5, 5.41) is 0. The van der Waals surface area contributed by atoms with E-state index in [0.29, 0.717) is 31.7 Å². The molecule has 2 amide bonds. The van der Waals surface area contributed by atoms with Crippen LogP contribution in [0.3, 0.4) is 0 Å². The summed E-state index contributed by atoms with van der Waals surface area (Å²) in [6, 6.07) is 21.5. The van der Waals surface area contributed by atoms with Crippen LogP contribution in [0.5, 0.6) is 5.75 Å². The van der Waals surface area contributed by atoms with Crippen molar-refractivity contribution in [3.8, 4) is 5.75 Å². The van der Waals surface area contributed by atoms with Crippen LogP contribution in [0.1, 0.15) is 48.6 Å². The minimum Gasteiger partial charge on any atom is -0.481 e. The fourth-order valence-corrected chi connectivity index (χ4v) is 4.67. The number of amides is 2. The number of hydrogen-bond acceptors (Lipinski definition) is 3. The Hall–Kier alpha value is -3.67. The lowest BCUT2D eigenvalue weighted by Crippen LogP contribution is -2.40. The predicted octanol–water partition coefficient (Wildman–Crippen LogP) is 5.14. The van der Waals surface area contributed by atoms with Crippen molar-refractivity contribution in [2.45, 2.75) is 45.4 Å². The first-order valence-electron chi connectivity index (χ1n) is 12.0. The smallest absolute Gasteiger partial charge is 0.263 e. The van der Waals surface area contributed by atoms with Crippen LogP contribution < -0.4 is 4.74 Å². The zero-order valence-electron chi connectivity index (χ0n) is 20.4. The van der Waals surface area contributed by atoms with Crippen molar-refractivity contribution in [1.29, 1.82) is 0 Å². The molecule has 0 fully saturated rings. The van der Waals surface area contributed by atoms with Crippen LogP contribution in [0.25, 0.3) is 0 Å². The molecule has 1 heterocycles. The summed E-state index contributed by atoms with van der Waals surface area (Å²) in [6.07, 6.45) is 0.393. The molecular formula is C29H31FN2O3. The number of fused-ring (bicyclic) bond motifs is 1. The highest BCUT2D eigenvalue weighted by molar-refractivity contribution is 5.80. The minimum atomic E-state index is -0.689. The number of benzene rings is 3. The van der Waals surface area contributed by atoms with Gasteiger partial charge in [0.1, 0.15) is 11.6 Å². The van der Waals surface area contributed by atoms with Crippen molar-refractivity contribution in [1.82, 2.24) is 9.80 Å². The standard InChI is InChI=1S/C29H31FN2O3/c1-4-27(33)32-16-15-22-13-14-25(18-26(22)28(32)23-11-8-12-24(30)17-23)35-20(2)29(34)31(3)19-21-9-6-5-7-10-21/h5-14,17-18,20,28H,4,15-16,19H2,1-3H3/t20-,28-/m1/s1. The molecule has 6 heteroatoms. The van der Waals surface area contributed by atoms with Crippen LogP contribution in [-0.2, 0) is 22.6 Å². The lowest BCUT2D eigenvalue weighted by Gasteiger charge is -2.38. The van der Waals surface area contributed by atoms with E-state index in [2.05, 4.69) is 0 Å². The van der Waals surface area contributed by atoms with Gasteiger partial charge in [-0.05, 0) is 59.9 Å². The molecule has 1 aliphatic rings. The Morgan fingerprint density at radius 2 is 1.86 bits per heavy atom. The molecule has 3 aromatic carbocycles. The number of nitrogens with zero attached hydrogens (tertiary/aromatic N) is 2. The highest BCUT2D eigenvalue weighted by Gasteiger charge is 2.32. The Bertz CT molecular complexity index is 1200. The van der Waals surface area contributed by atoms with E-state index in [1.54, 1.807) is 24.9 Å². The Morgan fingerprint density at radius 1 is 1.09 bits per heavy atom. The number of halogens is 1. The van der Waals surface area contributed by atoms with E-state index in [9.17, 15) is 14.0 Å². The van der Waals surface area contributed by atoms with Gasteiger partial charge in [0.25, 0.3) is 5.91 Å². The van der Waals surface area contributed by atoms with Crippen LogP contribution >= 0.6 is 0 Å². The van der Waals surface area contributed by atoms with E-state index in [-0.39, 0.29) is 17.6 Å². The van der Waals surface area contributed by atoms with Crippen molar-refractivity contribution in [2.24, 2.45) is 0 Å². The van der Waals surface area contributed by atoms with Gasteiger partial charge in [0.05, 0.1) is 6.04 Å². The molecule has 4 rings (SSSR count). The number of rotatable bonds is 7. The highest BCUT2D eigenvalue weighted by Crippen LogP contribution is 2.38. The van der Waals surface area contributed by atoms with Crippen molar-refractivity contribution in [3.63, 3.8) is 0 Å². The summed E-state index contributed by atoms with van der Waals surface area (Å²) < 4.78 is 20.2. The maximum absolute atomic E-state index is 14.1. The van der Waals surface area contributed by atoms with E-state index in [1.165, 1.54) is 12.1 Å². The Kier molecular flexibility index (Phi) is 7.49. The third-order valence-electron chi connectivity index (χ3n) is 6.43. The molecule has 0 aromatic heterocycles. The zero-order chi connectivity index (χ0) is 24.9. The summed E-state index contributed by atoms with van der Waals surface area (Å²) in [6.45, 7) is 4.63. The van der Waals surface area contributed by atoms with Crippen LogP contribution in [-0.4, -0.2) is 41.3 Å². The van der Waals surface area contributed by atoms with Crippen LogP contribution in [0, 0.1) is 5.82 Å². The monoisotopic (exact) mass is 474 g/mol. The van der Waals surface area contributed by atoms with Gasteiger partial charge in [-0.3, -0.25) is 9.59 Å². The normalized spacial score (nSPS) is 15.8. The van der Waals surface area contributed by atoms with Crippen molar-refractivity contribution in [3.05, 3.63) is 101 Å². The average Bonchev–Trinajstić information content (AvgIpc) is 2.87. The largest absolute Gasteiger partial charge is 0.481 e. The van der Waals surface area contributed by atoms with Crippen molar-refractivity contribution in [2.75, 3.05) is 13.6 Å². The molecule has 35 heavy (non-hydrogen) atoms. The van der Waals surface area contributed by atoms with Gasteiger partial charge in [0.15, 0.2) is 6.10 Å². The van der Waals surface area contributed by atoms with E-state index in [1.807, 2.05) is 66.4 Å². The molecule has 2 atom stereocenters. The van der Waals surface area contributed by atoms with Gasteiger partial charge < -0.3 is 14.5 Å².